The number of nitrogens with zero attached hydrogens (tertiary/aromatic N) is 2. The Balaban J connectivity index is 1.59. The van der Waals surface area contributed by atoms with Crippen LogP contribution in [0.3, 0.4) is 0 Å². The molecule has 31 heavy (non-hydrogen) atoms. The van der Waals surface area contributed by atoms with Crippen molar-refractivity contribution in [3.63, 3.8) is 0 Å². The lowest BCUT2D eigenvalue weighted by Gasteiger charge is -2.11. The Morgan fingerprint density at radius 2 is 1.74 bits per heavy atom. The molecule has 0 saturated heterocycles. The summed E-state index contributed by atoms with van der Waals surface area (Å²) in [6, 6.07) is 13.5. The number of sulfonamides is 1. The van der Waals surface area contributed by atoms with E-state index in [9.17, 15) is 8.42 Å². The first kappa shape index (κ1) is 23.1. The maximum Gasteiger partial charge on any atom is 0.242 e. The van der Waals surface area contributed by atoms with Crippen LogP contribution in [0.25, 0.3) is 0 Å². The largest absolute Gasteiger partial charge is 0.497 e. The maximum absolute atomic E-state index is 12.4. The van der Waals surface area contributed by atoms with Crippen LogP contribution in [0.1, 0.15) is 5.69 Å². The molecule has 1 heterocycles. The van der Waals surface area contributed by atoms with E-state index < -0.39 is 10.0 Å². The number of methoxy groups -OCH3 is 1. The number of nitrogens with one attached hydrogen (secondary N) is 3. The van der Waals surface area contributed by atoms with E-state index in [1.54, 1.807) is 13.2 Å². The van der Waals surface area contributed by atoms with E-state index in [0.29, 0.717) is 11.8 Å². The molecule has 8 nitrogen and oxygen atoms in total. The first-order valence-electron chi connectivity index (χ1n) is 9.22. The Hall–Kier alpha value is -2.59. The summed E-state index contributed by atoms with van der Waals surface area (Å²) in [7, 11) is -2.19. The molecule has 3 aromatic rings. The van der Waals surface area contributed by atoms with Crippen molar-refractivity contribution in [1.29, 1.82) is 0 Å². The van der Waals surface area contributed by atoms with Crippen LogP contribution in [-0.2, 0) is 10.0 Å². The van der Waals surface area contributed by atoms with E-state index in [1.807, 2.05) is 31.2 Å². The first-order valence-corrected chi connectivity index (χ1v) is 11.5. The Bertz CT molecular complexity index is 1160. The van der Waals surface area contributed by atoms with Gasteiger partial charge in [0.2, 0.25) is 16.0 Å². The van der Waals surface area contributed by atoms with E-state index in [1.165, 1.54) is 18.2 Å². The quantitative estimate of drug-likeness (QED) is 0.392. The van der Waals surface area contributed by atoms with Gasteiger partial charge in [0, 0.05) is 35.6 Å². The van der Waals surface area contributed by atoms with Crippen molar-refractivity contribution in [1.82, 2.24) is 14.7 Å². The van der Waals surface area contributed by atoms with Crippen LogP contribution in [0, 0.1) is 6.92 Å². The van der Waals surface area contributed by atoms with Gasteiger partial charge in [0.05, 0.1) is 12.1 Å². The average Bonchev–Trinajstić information content (AvgIpc) is 2.73. The predicted octanol–water partition coefficient (Wildman–Crippen LogP) is 4.23. The van der Waals surface area contributed by atoms with Gasteiger partial charge in [-0.15, -0.1) is 0 Å². The van der Waals surface area contributed by atoms with Gasteiger partial charge in [-0.2, -0.15) is 4.98 Å². The fraction of sp³-hybridized carbons (Fsp3) is 0.200. The number of aryl methyl sites for hydroxylation is 1. The van der Waals surface area contributed by atoms with Gasteiger partial charge in [-0.25, -0.2) is 18.1 Å². The minimum Gasteiger partial charge on any atom is -0.497 e. The average molecular weight is 482 g/mol. The minimum atomic E-state index is -3.80. The molecule has 0 spiro atoms. The van der Waals surface area contributed by atoms with E-state index >= 15 is 0 Å². The second kappa shape index (κ2) is 10.1. The summed E-state index contributed by atoms with van der Waals surface area (Å²) < 4.78 is 32.5. The van der Waals surface area contributed by atoms with Gasteiger partial charge >= 0.3 is 0 Å². The second-order valence-corrected chi connectivity index (χ2v) is 9.05. The molecule has 3 rings (SSSR count). The van der Waals surface area contributed by atoms with Crippen molar-refractivity contribution in [3.8, 4) is 5.75 Å². The highest BCUT2D eigenvalue weighted by Crippen LogP contribution is 2.24. The highest BCUT2D eigenvalue weighted by atomic mass is 35.5. The lowest BCUT2D eigenvalue weighted by atomic mass is 10.3. The van der Waals surface area contributed by atoms with E-state index in [-0.39, 0.29) is 28.0 Å². The standard InChI is InChI=1S/C20H21Cl2N5O3S/c1-13-11-19(26-15-4-6-16(30-2)7-5-15)27-20(25-13)23-9-10-24-31(28,29)18-12-14(21)3-8-17(18)22/h3-8,11-12,24H,9-10H2,1-2H3,(H2,23,25,26,27). The molecule has 0 fully saturated rings. The molecule has 0 aliphatic heterocycles. The molecule has 11 heteroatoms. The third-order valence-electron chi connectivity index (χ3n) is 4.10. The summed E-state index contributed by atoms with van der Waals surface area (Å²) in [5, 5.41) is 6.59. The van der Waals surface area contributed by atoms with Gasteiger partial charge in [0.15, 0.2) is 0 Å². The molecule has 0 atom stereocenters. The summed E-state index contributed by atoms with van der Waals surface area (Å²) in [4.78, 5) is 8.66. The first-order chi connectivity index (χ1) is 14.8. The monoisotopic (exact) mass is 481 g/mol. The maximum atomic E-state index is 12.4. The van der Waals surface area contributed by atoms with Gasteiger partial charge in [0.1, 0.15) is 16.5 Å². The number of halogens is 2. The molecule has 0 saturated carbocycles. The molecule has 0 bridgehead atoms. The highest BCUT2D eigenvalue weighted by molar-refractivity contribution is 7.89. The molecule has 0 aliphatic carbocycles. The Kier molecular flexibility index (Phi) is 7.55. The summed E-state index contributed by atoms with van der Waals surface area (Å²) in [6.07, 6.45) is 0. The van der Waals surface area contributed by atoms with Crippen LogP contribution in [0.15, 0.2) is 53.4 Å². The van der Waals surface area contributed by atoms with Crippen molar-refractivity contribution in [2.45, 2.75) is 11.8 Å². The summed E-state index contributed by atoms with van der Waals surface area (Å²) in [5.74, 6) is 1.73. The number of aromatic nitrogens is 2. The number of anilines is 3. The van der Waals surface area contributed by atoms with Crippen molar-refractivity contribution >= 4 is 50.7 Å². The molecule has 0 unspecified atom stereocenters. The molecule has 2 aromatic carbocycles. The number of hydrogen-bond acceptors (Lipinski definition) is 7. The van der Waals surface area contributed by atoms with Gasteiger partial charge in [-0.05, 0) is 49.4 Å². The lowest BCUT2D eigenvalue weighted by molar-refractivity contribution is 0.415. The van der Waals surface area contributed by atoms with Crippen LogP contribution >= 0.6 is 23.2 Å². The van der Waals surface area contributed by atoms with Crippen molar-refractivity contribution in [2.24, 2.45) is 0 Å². The van der Waals surface area contributed by atoms with Crippen LogP contribution in [0.4, 0.5) is 17.5 Å². The van der Waals surface area contributed by atoms with Crippen molar-refractivity contribution < 1.29 is 13.2 Å². The van der Waals surface area contributed by atoms with Gasteiger partial charge < -0.3 is 15.4 Å². The molecule has 0 aliphatic rings. The normalized spacial score (nSPS) is 11.2. The Labute approximate surface area is 191 Å². The molecular formula is C20H21Cl2N5O3S. The Morgan fingerprint density at radius 3 is 2.45 bits per heavy atom. The number of rotatable bonds is 9. The fourth-order valence-electron chi connectivity index (χ4n) is 2.65. The van der Waals surface area contributed by atoms with Crippen molar-refractivity contribution in [2.75, 3.05) is 30.8 Å². The molecule has 0 radical (unpaired) electrons. The smallest absolute Gasteiger partial charge is 0.242 e. The zero-order valence-corrected chi connectivity index (χ0v) is 19.1. The molecular weight excluding hydrogens is 461 g/mol. The topological polar surface area (TPSA) is 105 Å². The van der Waals surface area contributed by atoms with Crippen LogP contribution < -0.4 is 20.1 Å². The third-order valence-corrected chi connectivity index (χ3v) is 6.28. The molecule has 1 aromatic heterocycles. The van der Waals surface area contributed by atoms with Crippen LogP contribution in [0.5, 0.6) is 5.75 Å². The van der Waals surface area contributed by atoms with Gasteiger partial charge in [-0.3, -0.25) is 0 Å². The molecule has 0 amide bonds. The van der Waals surface area contributed by atoms with Crippen molar-refractivity contribution in [3.05, 3.63) is 64.3 Å². The van der Waals surface area contributed by atoms with E-state index in [0.717, 1.165) is 17.1 Å². The zero-order chi connectivity index (χ0) is 22.4. The van der Waals surface area contributed by atoms with Crippen LogP contribution in [0.2, 0.25) is 10.0 Å². The number of hydrogen-bond donors (Lipinski definition) is 3. The van der Waals surface area contributed by atoms with E-state index in [4.69, 9.17) is 27.9 Å². The predicted molar refractivity (Wildman–Crippen MR) is 123 cm³/mol. The number of benzene rings is 2. The second-order valence-electron chi connectivity index (χ2n) is 6.47. The van der Waals surface area contributed by atoms with Crippen LogP contribution in [-0.4, -0.2) is 38.6 Å². The summed E-state index contributed by atoms with van der Waals surface area (Å²) in [5.41, 5.74) is 1.59. The zero-order valence-electron chi connectivity index (χ0n) is 16.8. The highest BCUT2D eigenvalue weighted by Gasteiger charge is 2.17. The van der Waals surface area contributed by atoms with Gasteiger partial charge in [0.25, 0.3) is 0 Å². The lowest BCUT2D eigenvalue weighted by Crippen LogP contribution is -2.29. The minimum absolute atomic E-state index is 0.0700. The molecule has 3 N–H and O–H groups in total. The third kappa shape index (κ3) is 6.44. The number of ether oxygens (including phenoxy) is 1. The fourth-order valence-corrected chi connectivity index (χ4v) is 4.45. The SMILES string of the molecule is COc1ccc(Nc2cc(C)nc(NCCNS(=O)(=O)c3cc(Cl)ccc3Cl)n2)cc1. The van der Waals surface area contributed by atoms with Gasteiger partial charge in [-0.1, -0.05) is 23.2 Å². The molecule has 164 valence electrons. The Morgan fingerprint density at radius 1 is 1.00 bits per heavy atom. The summed E-state index contributed by atoms with van der Waals surface area (Å²) >= 11 is 11.9. The summed E-state index contributed by atoms with van der Waals surface area (Å²) in [6.45, 7) is 2.21. The van der Waals surface area contributed by atoms with E-state index in [2.05, 4.69) is 25.3 Å².